The summed E-state index contributed by atoms with van der Waals surface area (Å²) in [5.74, 6) is -0.732. The summed E-state index contributed by atoms with van der Waals surface area (Å²) >= 11 is 0.779. The molecule has 1 atom stereocenters. The number of hydrogen-bond acceptors (Lipinski definition) is 7. The molecule has 37 heavy (non-hydrogen) atoms. The van der Waals surface area contributed by atoms with Crippen LogP contribution >= 0.6 is 11.5 Å². The maximum Gasteiger partial charge on any atom is 0.273 e. The van der Waals surface area contributed by atoms with Gasteiger partial charge in [0.05, 0.1) is 12.8 Å². The molecule has 0 saturated carbocycles. The van der Waals surface area contributed by atoms with Crippen molar-refractivity contribution in [3.63, 3.8) is 0 Å². The van der Waals surface area contributed by atoms with E-state index in [1.807, 2.05) is 26.0 Å². The second-order valence-corrected chi connectivity index (χ2v) is 9.96. The smallest absolute Gasteiger partial charge is 0.273 e. The standard InChI is InChI=1S/C27H33N5O4S/c1-15(2)13-14-30-26(34)23(18-9-11-19(36-5)12-10-18)32(20-8-6-7-16(3)17(20)4)27(35)24-21(28)22(25(29)33)31-37-24/h6-12,15,23H,13-14,28H2,1-5H3,(H2,29,33)(H,30,34). The van der Waals surface area contributed by atoms with E-state index in [2.05, 4.69) is 23.5 Å². The number of primary amides is 1. The van der Waals surface area contributed by atoms with Crippen molar-refractivity contribution in [3.8, 4) is 5.75 Å². The molecule has 1 unspecified atom stereocenters. The number of rotatable bonds is 10. The minimum absolute atomic E-state index is 0.0307. The van der Waals surface area contributed by atoms with Crippen LogP contribution in [0, 0.1) is 19.8 Å². The lowest BCUT2D eigenvalue weighted by Crippen LogP contribution is -2.44. The van der Waals surface area contributed by atoms with Gasteiger partial charge in [0.1, 0.15) is 16.7 Å². The zero-order chi connectivity index (χ0) is 27.3. The molecular formula is C27H33N5O4S. The summed E-state index contributed by atoms with van der Waals surface area (Å²) in [7, 11) is 1.56. The topological polar surface area (TPSA) is 141 Å². The normalized spacial score (nSPS) is 11.7. The largest absolute Gasteiger partial charge is 0.497 e. The Kier molecular flexibility index (Phi) is 8.88. The van der Waals surface area contributed by atoms with Crippen LogP contribution in [0.4, 0.5) is 11.4 Å². The number of nitrogens with two attached hydrogens (primary N) is 2. The Balaban J connectivity index is 2.21. The SMILES string of the molecule is COc1ccc(C(C(=O)NCCC(C)C)N(C(=O)c2snc(C(N)=O)c2N)c2cccc(C)c2C)cc1. The second kappa shape index (κ2) is 11.9. The first-order valence-electron chi connectivity index (χ1n) is 11.9. The van der Waals surface area contributed by atoms with Crippen molar-refractivity contribution in [3.05, 3.63) is 69.7 Å². The van der Waals surface area contributed by atoms with Crippen molar-refractivity contribution in [1.82, 2.24) is 9.69 Å². The predicted octanol–water partition coefficient (Wildman–Crippen LogP) is 4.00. The highest BCUT2D eigenvalue weighted by molar-refractivity contribution is 7.09. The maximum atomic E-state index is 14.1. The Morgan fingerprint density at radius 3 is 2.35 bits per heavy atom. The molecule has 0 radical (unpaired) electrons. The van der Waals surface area contributed by atoms with Gasteiger partial charge in [-0.3, -0.25) is 19.3 Å². The van der Waals surface area contributed by atoms with E-state index < -0.39 is 17.9 Å². The van der Waals surface area contributed by atoms with Crippen LogP contribution in [-0.4, -0.2) is 35.7 Å². The van der Waals surface area contributed by atoms with Gasteiger partial charge in [-0.1, -0.05) is 38.1 Å². The summed E-state index contributed by atoms with van der Waals surface area (Å²) in [6.45, 7) is 8.41. The van der Waals surface area contributed by atoms with E-state index in [9.17, 15) is 14.4 Å². The summed E-state index contributed by atoms with van der Waals surface area (Å²) in [5.41, 5.74) is 14.1. The van der Waals surface area contributed by atoms with Crippen LogP contribution in [0.5, 0.6) is 5.75 Å². The molecular weight excluding hydrogens is 490 g/mol. The number of anilines is 2. The van der Waals surface area contributed by atoms with Gasteiger partial charge < -0.3 is 21.5 Å². The number of nitrogens with one attached hydrogen (secondary N) is 1. The van der Waals surface area contributed by atoms with Crippen LogP contribution in [0.15, 0.2) is 42.5 Å². The van der Waals surface area contributed by atoms with Crippen molar-refractivity contribution in [2.24, 2.45) is 11.7 Å². The van der Waals surface area contributed by atoms with Gasteiger partial charge in [-0.2, -0.15) is 4.37 Å². The molecule has 5 N–H and O–H groups in total. The highest BCUT2D eigenvalue weighted by atomic mass is 32.1. The number of hydrogen-bond donors (Lipinski definition) is 3. The lowest BCUT2D eigenvalue weighted by molar-refractivity contribution is -0.122. The molecule has 1 heterocycles. The van der Waals surface area contributed by atoms with Crippen LogP contribution in [0.1, 0.15) is 63.2 Å². The zero-order valence-corrected chi connectivity index (χ0v) is 22.5. The van der Waals surface area contributed by atoms with Crippen LogP contribution in [0.3, 0.4) is 0 Å². The van der Waals surface area contributed by atoms with Crippen LogP contribution in [0.25, 0.3) is 0 Å². The number of ether oxygens (including phenoxy) is 1. The number of carbonyl (C=O) groups excluding carboxylic acids is 3. The minimum Gasteiger partial charge on any atom is -0.497 e. The molecule has 1 aromatic heterocycles. The maximum absolute atomic E-state index is 14.1. The van der Waals surface area contributed by atoms with Gasteiger partial charge in [-0.15, -0.1) is 0 Å². The van der Waals surface area contributed by atoms with Crippen LogP contribution in [-0.2, 0) is 4.79 Å². The molecule has 3 amide bonds. The molecule has 3 aromatic rings. The third-order valence-electron chi connectivity index (χ3n) is 6.17. The molecule has 3 rings (SSSR count). The molecule has 2 aromatic carbocycles. The molecule has 0 aliphatic carbocycles. The van der Waals surface area contributed by atoms with Gasteiger partial charge in [-0.25, -0.2) is 0 Å². The first-order valence-corrected chi connectivity index (χ1v) is 12.7. The molecule has 0 bridgehead atoms. The van der Waals surface area contributed by atoms with E-state index in [4.69, 9.17) is 16.2 Å². The van der Waals surface area contributed by atoms with Gasteiger partial charge in [-0.05, 0) is 72.6 Å². The van der Waals surface area contributed by atoms with Crippen molar-refractivity contribution >= 4 is 40.6 Å². The molecule has 0 aliphatic heterocycles. The Morgan fingerprint density at radius 1 is 1.11 bits per heavy atom. The fourth-order valence-electron chi connectivity index (χ4n) is 3.89. The van der Waals surface area contributed by atoms with Gasteiger partial charge in [0, 0.05) is 12.2 Å². The van der Waals surface area contributed by atoms with E-state index in [1.54, 1.807) is 37.4 Å². The van der Waals surface area contributed by atoms with E-state index in [1.165, 1.54) is 4.90 Å². The molecule has 10 heteroatoms. The fourth-order valence-corrected chi connectivity index (χ4v) is 4.63. The number of nitrogens with zero attached hydrogens (tertiary/aromatic N) is 2. The molecule has 9 nitrogen and oxygen atoms in total. The Bertz CT molecular complexity index is 1290. The third-order valence-corrected chi connectivity index (χ3v) is 7.02. The van der Waals surface area contributed by atoms with Crippen molar-refractivity contribution < 1.29 is 19.1 Å². The molecule has 0 spiro atoms. The molecule has 0 saturated heterocycles. The lowest BCUT2D eigenvalue weighted by atomic mass is 9.99. The van der Waals surface area contributed by atoms with E-state index in [0.717, 1.165) is 29.1 Å². The Hall–Kier alpha value is -3.92. The summed E-state index contributed by atoms with van der Waals surface area (Å²) in [6.07, 6.45) is 0.780. The van der Waals surface area contributed by atoms with Gasteiger partial charge in [0.15, 0.2) is 5.69 Å². The highest BCUT2D eigenvalue weighted by Gasteiger charge is 2.36. The average molecular weight is 524 g/mol. The van der Waals surface area contributed by atoms with Crippen LogP contribution < -0.4 is 26.4 Å². The first-order chi connectivity index (χ1) is 17.6. The number of methoxy groups -OCH3 is 1. The number of nitrogen functional groups attached to an aromatic ring is 1. The quantitative estimate of drug-likeness (QED) is 0.367. The molecule has 0 aliphatic rings. The minimum atomic E-state index is -1.04. The highest BCUT2D eigenvalue weighted by Crippen LogP contribution is 2.36. The van der Waals surface area contributed by atoms with Gasteiger partial charge >= 0.3 is 0 Å². The van der Waals surface area contributed by atoms with E-state index in [0.29, 0.717) is 29.5 Å². The fraction of sp³-hybridized carbons (Fsp3) is 0.333. The number of amides is 3. The van der Waals surface area contributed by atoms with E-state index >= 15 is 0 Å². The Labute approximate surface area is 221 Å². The zero-order valence-electron chi connectivity index (χ0n) is 21.7. The second-order valence-electron chi connectivity index (χ2n) is 9.18. The number of carbonyl (C=O) groups is 3. The van der Waals surface area contributed by atoms with Crippen LogP contribution in [0.2, 0.25) is 0 Å². The summed E-state index contributed by atoms with van der Waals surface area (Å²) in [5, 5.41) is 2.99. The van der Waals surface area contributed by atoms with Crippen molar-refractivity contribution in [2.75, 3.05) is 24.3 Å². The molecule has 196 valence electrons. The van der Waals surface area contributed by atoms with E-state index in [-0.39, 0.29) is 22.2 Å². The summed E-state index contributed by atoms with van der Waals surface area (Å²) in [4.78, 5) is 41.2. The third kappa shape index (κ3) is 6.08. The Morgan fingerprint density at radius 2 is 1.78 bits per heavy atom. The first kappa shape index (κ1) is 27.7. The number of benzene rings is 2. The monoisotopic (exact) mass is 523 g/mol. The molecule has 0 fully saturated rings. The van der Waals surface area contributed by atoms with Crippen molar-refractivity contribution in [1.29, 1.82) is 0 Å². The predicted molar refractivity (Wildman–Crippen MR) is 146 cm³/mol. The number of aromatic nitrogens is 1. The number of aryl methyl sites for hydroxylation is 1. The van der Waals surface area contributed by atoms with Gasteiger partial charge in [0.2, 0.25) is 5.91 Å². The van der Waals surface area contributed by atoms with Crippen molar-refractivity contribution in [2.45, 2.75) is 40.2 Å². The van der Waals surface area contributed by atoms with Gasteiger partial charge in [0.25, 0.3) is 11.8 Å². The average Bonchev–Trinajstić information content (AvgIpc) is 3.25. The summed E-state index contributed by atoms with van der Waals surface area (Å²) < 4.78 is 9.29. The lowest BCUT2D eigenvalue weighted by Gasteiger charge is -2.33. The summed E-state index contributed by atoms with van der Waals surface area (Å²) in [6, 6.07) is 11.5.